The Bertz CT molecular complexity index is 737. The first-order chi connectivity index (χ1) is 12.3. The van der Waals surface area contributed by atoms with Crippen molar-refractivity contribution in [3.8, 4) is 11.5 Å². The number of nitrogens with zero attached hydrogens (tertiary/aromatic N) is 3. The van der Waals surface area contributed by atoms with Gasteiger partial charge in [-0.25, -0.2) is 9.97 Å². The lowest BCUT2D eigenvalue weighted by Gasteiger charge is -2.34. The summed E-state index contributed by atoms with van der Waals surface area (Å²) >= 11 is 0. The Balaban J connectivity index is 1.44. The second-order valence-corrected chi connectivity index (χ2v) is 6.51. The van der Waals surface area contributed by atoms with E-state index in [9.17, 15) is 0 Å². The van der Waals surface area contributed by atoms with Crippen molar-refractivity contribution in [1.29, 1.82) is 0 Å². The Morgan fingerprint density at radius 2 is 2.04 bits per heavy atom. The number of ether oxygens (including phenoxy) is 2. The van der Waals surface area contributed by atoms with E-state index in [1.807, 2.05) is 12.1 Å². The molecule has 0 unspecified atom stereocenters. The molecular formula is C19H24N4O2. The maximum atomic E-state index is 5.68. The van der Waals surface area contributed by atoms with Gasteiger partial charge in [0.2, 0.25) is 0 Å². The fraction of sp³-hybridized carbons (Fsp3) is 0.474. The SMILES string of the molecule is CCc1cc(N2CCC[C@@H](Nc3ccc4c(c3)OCCO4)C2)ncn1. The van der Waals surface area contributed by atoms with E-state index in [1.165, 1.54) is 0 Å². The van der Waals surface area contributed by atoms with Crippen molar-refractivity contribution in [2.24, 2.45) is 0 Å². The van der Waals surface area contributed by atoms with Crippen LogP contribution in [0.4, 0.5) is 11.5 Å². The van der Waals surface area contributed by atoms with Gasteiger partial charge in [-0.15, -0.1) is 0 Å². The molecule has 0 amide bonds. The second-order valence-electron chi connectivity index (χ2n) is 6.51. The maximum absolute atomic E-state index is 5.68. The van der Waals surface area contributed by atoms with Crippen LogP contribution in [0, 0.1) is 0 Å². The van der Waals surface area contributed by atoms with Crippen molar-refractivity contribution in [1.82, 2.24) is 9.97 Å². The van der Waals surface area contributed by atoms with Crippen LogP contribution in [0.2, 0.25) is 0 Å². The summed E-state index contributed by atoms with van der Waals surface area (Å²) in [6, 6.07) is 8.57. The number of piperidine rings is 1. The van der Waals surface area contributed by atoms with Gasteiger partial charge in [-0.2, -0.15) is 0 Å². The molecule has 0 radical (unpaired) electrons. The molecule has 2 aliphatic rings. The number of nitrogens with one attached hydrogen (secondary N) is 1. The van der Waals surface area contributed by atoms with Gasteiger partial charge in [0.05, 0.1) is 0 Å². The molecule has 25 heavy (non-hydrogen) atoms. The van der Waals surface area contributed by atoms with Crippen molar-refractivity contribution in [2.75, 3.05) is 36.5 Å². The predicted octanol–water partition coefficient (Wildman–Crippen LogP) is 2.89. The van der Waals surface area contributed by atoms with E-state index < -0.39 is 0 Å². The first-order valence-electron chi connectivity index (χ1n) is 9.04. The maximum Gasteiger partial charge on any atom is 0.163 e. The highest BCUT2D eigenvalue weighted by Gasteiger charge is 2.22. The van der Waals surface area contributed by atoms with Crippen LogP contribution in [0.15, 0.2) is 30.6 Å². The minimum Gasteiger partial charge on any atom is -0.486 e. The molecule has 132 valence electrons. The van der Waals surface area contributed by atoms with Crippen molar-refractivity contribution >= 4 is 11.5 Å². The van der Waals surface area contributed by atoms with Crippen molar-refractivity contribution in [3.63, 3.8) is 0 Å². The van der Waals surface area contributed by atoms with E-state index in [4.69, 9.17) is 9.47 Å². The summed E-state index contributed by atoms with van der Waals surface area (Å²) in [4.78, 5) is 11.1. The average molecular weight is 340 g/mol. The fourth-order valence-corrected chi connectivity index (χ4v) is 3.42. The van der Waals surface area contributed by atoms with Crippen LogP contribution in [-0.2, 0) is 6.42 Å². The number of benzene rings is 1. The minimum atomic E-state index is 0.386. The van der Waals surface area contributed by atoms with Crippen molar-refractivity contribution < 1.29 is 9.47 Å². The lowest BCUT2D eigenvalue weighted by atomic mass is 10.0. The highest BCUT2D eigenvalue weighted by atomic mass is 16.6. The molecule has 1 aromatic carbocycles. The highest BCUT2D eigenvalue weighted by molar-refractivity contribution is 5.56. The van der Waals surface area contributed by atoms with E-state index in [-0.39, 0.29) is 0 Å². The summed E-state index contributed by atoms with van der Waals surface area (Å²) in [7, 11) is 0. The number of fused-ring (bicyclic) bond motifs is 1. The zero-order chi connectivity index (χ0) is 17.1. The van der Waals surface area contributed by atoms with E-state index in [2.05, 4.69) is 39.2 Å². The third kappa shape index (κ3) is 3.62. The summed E-state index contributed by atoms with van der Waals surface area (Å²) in [6.45, 7) is 5.33. The first kappa shape index (κ1) is 16.0. The molecule has 1 aromatic heterocycles. The third-order valence-corrected chi connectivity index (χ3v) is 4.73. The highest BCUT2D eigenvalue weighted by Crippen LogP contribution is 2.33. The van der Waals surface area contributed by atoms with E-state index in [0.717, 1.165) is 61.1 Å². The molecule has 6 heteroatoms. The third-order valence-electron chi connectivity index (χ3n) is 4.73. The molecule has 3 heterocycles. The van der Waals surface area contributed by atoms with Gasteiger partial charge in [-0.05, 0) is 31.4 Å². The normalized spacial score (nSPS) is 19.6. The smallest absolute Gasteiger partial charge is 0.163 e. The Kier molecular flexibility index (Phi) is 4.59. The van der Waals surface area contributed by atoms with Crippen LogP contribution in [0.1, 0.15) is 25.5 Å². The average Bonchev–Trinajstić information content (AvgIpc) is 2.68. The van der Waals surface area contributed by atoms with Gasteiger partial charge in [-0.3, -0.25) is 0 Å². The van der Waals surface area contributed by atoms with E-state index >= 15 is 0 Å². The molecule has 0 aliphatic carbocycles. The van der Waals surface area contributed by atoms with E-state index in [1.54, 1.807) is 6.33 Å². The van der Waals surface area contributed by atoms with Gasteiger partial charge < -0.3 is 19.7 Å². The summed E-state index contributed by atoms with van der Waals surface area (Å²) in [6.07, 6.45) is 4.90. The molecule has 2 aromatic rings. The number of aryl methyl sites for hydroxylation is 1. The topological polar surface area (TPSA) is 59.5 Å². The molecule has 1 atom stereocenters. The largest absolute Gasteiger partial charge is 0.486 e. The van der Waals surface area contributed by atoms with Gasteiger partial charge >= 0.3 is 0 Å². The molecule has 1 N–H and O–H groups in total. The van der Waals surface area contributed by atoms with Crippen LogP contribution in [0.5, 0.6) is 11.5 Å². The lowest BCUT2D eigenvalue weighted by Crippen LogP contribution is -2.42. The number of aromatic nitrogens is 2. The molecule has 4 rings (SSSR count). The molecule has 0 spiro atoms. The van der Waals surface area contributed by atoms with Gasteiger partial charge in [0, 0.05) is 42.6 Å². The molecule has 0 bridgehead atoms. The summed E-state index contributed by atoms with van der Waals surface area (Å²) in [5.41, 5.74) is 2.17. The number of rotatable bonds is 4. The standard InChI is InChI=1S/C19H24N4O2/c1-2-14-11-19(21-13-20-14)23-7-3-4-16(12-23)22-15-5-6-17-18(10-15)25-9-8-24-17/h5-6,10-11,13,16,22H,2-4,7-9,12H2,1H3/t16-/m1/s1. The zero-order valence-electron chi connectivity index (χ0n) is 14.6. The van der Waals surface area contributed by atoms with Crippen molar-refractivity contribution in [3.05, 3.63) is 36.3 Å². The number of anilines is 2. The van der Waals surface area contributed by atoms with Gasteiger partial charge in [-0.1, -0.05) is 6.92 Å². The first-order valence-corrected chi connectivity index (χ1v) is 9.04. The number of hydrogen-bond acceptors (Lipinski definition) is 6. The van der Waals surface area contributed by atoms with Crippen LogP contribution in [0.3, 0.4) is 0 Å². The minimum absolute atomic E-state index is 0.386. The van der Waals surface area contributed by atoms with Crippen LogP contribution < -0.4 is 19.7 Å². The monoisotopic (exact) mass is 340 g/mol. The Hall–Kier alpha value is -2.50. The molecule has 1 saturated heterocycles. The molecule has 0 saturated carbocycles. The van der Waals surface area contributed by atoms with Gasteiger partial charge in [0.15, 0.2) is 11.5 Å². The number of hydrogen-bond donors (Lipinski definition) is 1. The predicted molar refractivity (Wildman–Crippen MR) is 97.7 cm³/mol. The molecule has 2 aliphatic heterocycles. The van der Waals surface area contributed by atoms with Crippen LogP contribution in [-0.4, -0.2) is 42.3 Å². The molecule has 1 fully saturated rings. The van der Waals surface area contributed by atoms with Crippen molar-refractivity contribution in [2.45, 2.75) is 32.2 Å². The Labute approximate surface area is 148 Å². The van der Waals surface area contributed by atoms with E-state index in [0.29, 0.717) is 19.3 Å². The zero-order valence-corrected chi connectivity index (χ0v) is 14.6. The molecular weight excluding hydrogens is 316 g/mol. The quantitative estimate of drug-likeness (QED) is 0.923. The summed E-state index contributed by atoms with van der Waals surface area (Å²) in [5, 5.41) is 3.64. The van der Waals surface area contributed by atoms with Gasteiger partial charge in [0.25, 0.3) is 0 Å². The Morgan fingerprint density at radius 1 is 1.16 bits per heavy atom. The molecule has 6 nitrogen and oxygen atoms in total. The van der Waals surface area contributed by atoms with Crippen LogP contribution >= 0.6 is 0 Å². The summed E-state index contributed by atoms with van der Waals surface area (Å²) in [5.74, 6) is 2.68. The van der Waals surface area contributed by atoms with Gasteiger partial charge in [0.1, 0.15) is 25.4 Å². The summed E-state index contributed by atoms with van der Waals surface area (Å²) < 4.78 is 11.3. The fourth-order valence-electron chi connectivity index (χ4n) is 3.42. The second kappa shape index (κ2) is 7.17. The Morgan fingerprint density at radius 3 is 2.92 bits per heavy atom. The lowest BCUT2D eigenvalue weighted by molar-refractivity contribution is 0.171. The van der Waals surface area contributed by atoms with Crippen LogP contribution in [0.25, 0.3) is 0 Å².